The van der Waals surface area contributed by atoms with Gasteiger partial charge in [-0.25, -0.2) is 0 Å². The summed E-state index contributed by atoms with van der Waals surface area (Å²) < 4.78 is 5.49. The number of fused-ring (bicyclic) bond motifs is 3. The highest BCUT2D eigenvalue weighted by Crippen LogP contribution is 2.55. The first-order valence-corrected chi connectivity index (χ1v) is 8.71. The zero-order chi connectivity index (χ0) is 16.0. The molecular weight excluding hydrogens is 306 g/mol. The SMILES string of the molecule is COc1ccc2c(c1)C(c1ccccc1Cl)C1CCCN(C)C21. The molecule has 2 aliphatic rings. The average molecular weight is 328 g/mol. The van der Waals surface area contributed by atoms with Crippen LogP contribution in [0.5, 0.6) is 5.75 Å². The first-order chi connectivity index (χ1) is 11.2. The second-order valence-electron chi connectivity index (χ2n) is 6.73. The summed E-state index contributed by atoms with van der Waals surface area (Å²) >= 11 is 6.57. The molecule has 3 unspecified atom stereocenters. The molecule has 2 aromatic rings. The van der Waals surface area contributed by atoms with E-state index >= 15 is 0 Å². The second-order valence-corrected chi connectivity index (χ2v) is 7.13. The van der Waals surface area contributed by atoms with Gasteiger partial charge in [-0.3, -0.25) is 4.90 Å². The Bertz CT molecular complexity index is 729. The summed E-state index contributed by atoms with van der Waals surface area (Å²) in [6, 6.07) is 15.4. The summed E-state index contributed by atoms with van der Waals surface area (Å²) in [4.78, 5) is 2.51. The van der Waals surface area contributed by atoms with Gasteiger partial charge in [0, 0.05) is 17.0 Å². The van der Waals surface area contributed by atoms with E-state index in [2.05, 4.69) is 42.3 Å². The summed E-state index contributed by atoms with van der Waals surface area (Å²) in [6.45, 7) is 1.17. The molecular formula is C20H22ClNO. The third kappa shape index (κ3) is 2.36. The zero-order valence-electron chi connectivity index (χ0n) is 13.6. The highest BCUT2D eigenvalue weighted by Gasteiger charge is 2.45. The average Bonchev–Trinajstić information content (AvgIpc) is 2.90. The van der Waals surface area contributed by atoms with Crippen LogP contribution in [0.25, 0.3) is 0 Å². The molecule has 0 bridgehead atoms. The quantitative estimate of drug-likeness (QED) is 0.779. The Hall–Kier alpha value is -1.51. The van der Waals surface area contributed by atoms with Gasteiger partial charge >= 0.3 is 0 Å². The van der Waals surface area contributed by atoms with Gasteiger partial charge in [-0.15, -0.1) is 0 Å². The lowest BCUT2D eigenvalue weighted by Gasteiger charge is -2.37. The molecule has 1 saturated heterocycles. The molecule has 0 radical (unpaired) electrons. The fraction of sp³-hybridized carbons (Fsp3) is 0.400. The molecule has 2 aromatic carbocycles. The van der Waals surface area contributed by atoms with E-state index in [0.29, 0.717) is 17.9 Å². The van der Waals surface area contributed by atoms with Crippen molar-refractivity contribution < 1.29 is 4.74 Å². The molecule has 0 N–H and O–H groups in total. The van der Waals surface area contributed by atoms with Crippen molar-refractivity contribution in [1.29, 1.82) is 0 Å². The van der Waals surface area contributed by atoms with Crippen molar-refractivity contribution in [3.8, 4) is 5.75 Å². The van der Waals surface area contributed by atoms with Gasteiger partial charge in [-0.2, -0.15) is 0 Å². The molecule has 1 heterocycles. The van der Waals surface area contributed by atoms with Crippen molar-refractivity contribution in [2.45, 2.75) is 24.8 Å². The number of methoxy groups -OCH3 is 1. The van der Waals surface area contributed by atoms with Crippen LogP contribution in [0, 0.1) is 5.92 Å². The van der Waals surface area contributed by atoms with E-state index in [-0.39, 0.29) is 0 Å². The van der Waals surface area contributed by atoms with Gasteiger partial charge < -0.3 is 4.74 Å². The molecule has 120 valence electrons. The van der Waals surface area contributed by atoms with Crippen LogP contribution in [0.3, 0.4) is 0 Å². The summed E-state index contributed by atoms with van der Waals surface area (Å²) in [5.41, 5.74) is 4.09. The molecule has 0 amide bonds. The Morgan fingerprint density at radius 3 is 2.70 bits per heavy atom. The topological polar surface area (TPSA) is 12.5 Å². The molecule has 4 rings (SSSR count). The van der Waals surface area contributed by atoms with Crippen LogP contribution in [0.4, 0.5) is 0 Å². The number of nitrogens with zero attached hydrogens (tertiary/aromatic N) is 1. The van der Waals surface area contributed by atoms with Crippen molar-refractivity contribution in [3.63, 3.8) is 0 Å². The van der Waals surface area contributed by atoms with Gasteiger partial charge in [0.15, 0.2) is 0 Å². The maximum Gasteiger partial charge on any atom is 0.119 e. The summed E-state index contributed by atoms with van der Waals surface area (Å²) in [6.07, 6.45) is 2.51. The number of piperidine rings is 1. The molecule has 23 heavy (non-hydrogen) atoms. The van der Waals surface area contributed by atoms with Gasteiger partial charge in [-0.1, -0.05) is 35.9 Å². The second kappa shape index (κ2) is 5.85. The number of likely N-dealkylation sites (tertiary alicyclic amines) is 1. The fourth-order valence-corrected chi connectivity index (χ4v) is 4.85. The monoisotopic (exact) mass is 327 g/mol. The van der Waals surface area contributed by atoms with Crippen LogP contribution in [0.1, 0.15) is 41.5 Å². The Labute approximate surface area is 143 Å². The Kier molecular flexibility index (Phi) is 3.82. The van der Waals surface area contributed by atoms with E-state index in [1.807, 2.05) is 12.1 Å². The third-order valence-electron chi connectivity index (χ3n) is 5.54. The maximum atomic E-state index is 6.57. The molecule has 0 aromatic heterocycles. The Morgan fingerprint density at radius 2 is 1.91 bits per heavy atom. The number of hydrogen-bond donors (Lipinski definition) is 0. The van der Waals surface area contributed by atoms with Crippen molar-refractivity contribution in [2.75, 3.05) is 20.7 Å². The molecule has 3 atom stereocenters. The number of hydrogen-bond acceptors (Lipinski definition) is 2. The van der Waals surface area contributed by atoms with Crippen molar-refractivity contribution in [2.24, 2.45) is 5.92 Å². The van der Waals surface area contributed by atoms with Gasteiger partial charge in [-0.05, 0) is 67.2 Å². The van der Waals surface area contributed by atoms with Gasteiger partial charge in [0.2, 0.25) is 0 Å². The molecule has 1 aliphatic heterocycles. The third-order valence-corrected chi connectivity index (χ3v) is 5.89. The van der Waals surface area contributed by atoms with Crippen molar-refractivity contribution in [1.82, 2.24) is 4.90 Å². The fourth-order valence-electron chi connectivity index (χ4n) is 4.59. The van der Waals surface area contributed by atoms with E-state index in [9.17, 15) is 0 Å². The van der Waals surface area contributed by atoms with E-state index in [1.54, 1.807) is 7.11 Å². The largest absolute Gasteiger partial charge is 0.497 e. The van der Waals surface area contributed by atoms with Crippen LogP contribution in [-0.4, -0.2) is 25.6 Å². The minimum absolute atomic E-state index is 0.363. The van der Waals surface area contributed by atoms with Crippen LogP contribution in [0.15, 0.2) is 42.5 Å². The maximum absolute atomic E-state index is 6.57. The van der Waals surface area contributed by atoms with E-state index in [1.165, 1.54) is 36.1 Å². The van der Waals surface area contributed by atoms with Crippen LogP contribution in [0.2, 0.25) is 5.02 Å². The van der Waals surface area contributed by atoms with Crippen LogP contribution < -0.4 is 4.74 Å². The van der Waals surface area contributed by atoms with Crippen LogP contribution >= 0.6 is 11.6 Å². The van der Waals surface area contributed by atoms with E-state index < -0.39 is 0 Å². The van der Waals surface area contributed by atoms with E-state index in [4.69, 9.17) is 16.3 Å². The van der Waals surface area contributed by atoms with Gasteiger partial charge in [0.25, 0.3) is 0 Å². The number of ether oxygens (including phenoxy) is 1. The minimum Gasteiger partial charge on any atom is -0.497 e. The molecule has 0 spiro atoms. The molecule has 0 saturated carbocycles. The summed E-state index contributed by atoms with van der Waals surface area (Å²) in [5, 5.41) is 0.875. The lowest BCUT2D eigenvalue weighted by molar-refractivity contribution is 0.127. The highest BCUT2D eigenvalue weighted by atomic mass is 35.5. The summed E-state index contributed by atoms with van der Waals surface area (Å²) in [5.74, 6) is 1.89. The number of halogens is 1. The summed E-state index contributed by atoms with van der Waals surface area (Å²) in [7, 11) is 3.99. The zero-order valence-corrected chi connectivity index (χ0v) is 14.4. The number of rotatable bonds is 2. The van der Waals surface area contributed by atoms with E-state index in [0.717, 1.165) is 10.8 Å². The standard InChI is InChI=1S/C20H22ClNO/c1-22-11-5-7-16-19(15-6-3-4-8-18(15)21)17-12-13(23-2)9-10-14(17)20(16)22/h3-4,6,8-10,12,16,19-20H,5,7,11H2,1-2H3. The molecule has 2 nitrogen and oxygen atoms in total. The first kappa shape index (κ1) is 15.0. The first-order valence-electron chi connectivity index (χ1n) is 8.33. The Morgan fingerprint density at radius 1 is 1.09 bits per heavy atom. The predicted octanol–water partition coefficient (Wildman–Crippen LogP) is 4.88. The van der Waals surface area contributed by atoms with Crippen molar-refractivity contribution in [3.05, 3.63) is 64.2 Å². The predicted molar refractivity (Wildman–Crippen MR) is 94.4 cm³/mol. The highest BCUT2D eigenvalue weighted by molar-refractivity contribution is 6.31. The number of benzene rings is 2. The molecule has 3 heteroatoms. The van der Waals surface area contributed by atoms with Gasteiger partial charge in [0.1, 0.15) is 5.75 Å². The molecule has 1 fully saturated rings. The minimum atomic E-state index is 0.363. The normalized spacial score (nSPS) is 26.7. The lowest BCUT2D eigenvalue weighted by Crippen LogP contribution is -2.34. The van der Waals surface area contributed by atoms with Crippen LogP contribution in [-0.2, 0) is 0 Å². The lowest BCUT2D eigenvalue weighted by atomic mass is 9.80. The Balaban J connectivity index is 1.90. The van der Waals surface area contributed by atoms with Gasteiger partial charge in [0.05, 0.1) is 7.11 Å². The van der Waals surface area contributed by atoms with Crippen molar-refractivity contribution >= 4 is 11.6 Å². The smallest absolute Gasteiger partial charge is 0.119 e. The molecule has 1 aliphatic carbocycles.